The lowest BCUT2D eigenvalue weighted by Crippen LogP contribution is -2.53. The van der Waals surface area contributed by atoms with Gasteiger partial charge in [0.05, 0.1) is 5.56 Å². The van der Waals surface area contributed by atoms with Crippen LogP contribution < -0.4 is 4.74 Å². The van der Waals surface area contributed by atoms with Crippen LogP contribution in [0.2, 0.25) is 0 Å². The zero-order valence-electron chi connectivity index (χ0n) is 8.27. The third-order valence-corrected chi connectivity index (χ3v) is 2.80. The van der Waals surface area contributed by atoms with Gasteiger partial charge in [0.25, 0.3) is 5.91 Å². The molecule has 1 aromatic carbocycles. The van der Waals surface area contributed by atoms with Gasteiger partial charge in [-0.15, -0.1) is 0 Å². The van der Waals surface area contributed by atoms with Gasteiger partial charge in [-0.2, -0.15) is 0 Å². The molecule has 1 aliphatic rings. The summed E-state index contributed by atoms with van der Waals surface area (Å²) in [7, 11) is 0. The zero-order chi connectivity index (χ0) is 12.6. The molecule has 0 bridgehead atoms. The fraction of sp³-hybridized carbons (Fsp3) is 0.200. The number of fused-ring (bicyclic) bond motifs is 1. The number of nitrogens with zero attached hydrogens (tertiary/aromatic N) is 1. The Bertz CT molecular complexity index is 472. The Morgan fingerprint density at radius 3 is 2.53 bits per heavy atom. The molecule has 0 N–H and O–H groups in total. The van der Waals surface area contributed by atoms with Gasteiger partial charge in [0, 0.05) is 0 Å². The number of amides is 2. The molecule has 0 fully saturated rings. The molecule has 0 saturated carbocycles. The molecule has 17 heavy (non-hydrogen) atoms. The quantitative estimate of drug-likeness (QED) is 0.590. The maximum Gasteiger partial charge on any atom is 0.267 e. The highest BCUT2D eigenvalue weighted by molar-refractivity contribution is 6.68. The van der Waals surface area contributed by atoms with E-state index in [9.17, 15) is 9.59 Å². The summed E-state index contributed by atoms with van der Waals surface area (Å²) in [4.78, 5) is 23.5. The molecule has 1 aliphatic heterocycles. The number of para-hydroxylation sites is 1. The highest BCUT2D eigenvalue weighted by atomic mass is 35.6. The first-order valence-corrected chi connectivity index (χ1v) is 5.69. The molecular weight excluding hydrogens is 288 g/mol. The van der Waals surface area contributed by atoms with Gasteiger partial charge in [0.1, 0.15) is 5.75 Å². The topological polar surface area (TPSA) is 46.6 Å². The number of ether oxygens (including phenoxy) is 1. The van der Waals surface area contributed by atoms with E-state index in [0.717, 1.165) is 4.90 Å². The number of benzene rings is 1. The third kappa shape index (κ3) is 2.20. The van der Waals surface area contributed by atoms with Crippen molar-refractivity contribution in [1.82, 2.24) is 4.90 Å². The largest absolute Gasteiger partial charge is 0.465 e. The average Bonchev–Trinajstić information content (AvgIpc) is 2.28. The van der Waals surface area contributed by atoms with Gasteiger partial charge in [-0.1, -0.05) is 46.9 Å². The van der Waals surface area contributed by atoms with Crippen LogP contribution in [0.25, 0.3) is 0 Å². The van der Waals surface area contributed by atoms with Crippen molar-refractivity contribution in [3.8, 4) is 5.75 Å². The molecule has 0 radical (unpaired) electrons. The number of halogens is 3. The Kier molecular flexibility index (Phi) is 3.21. The molecule has 1 aromatic rings. The van der Waals surface area contributed by atoms with Gasteiger partial charge in [-0.3, -0.25) is 9.59 Å². The lowest BCUT2D eigenvalue weighted by Gasteiger charge is -2.36. The molecule has 2 rings (SSSR count). The molecule has 1 unspecified atom stereocenters. The zero-order valence-corrected chi connectivity index (χ0v) is 10.5. The summed E-state index contributed by atoms with van der Waals surface area (Å²) < 4.78 is 3.44. The molecule has 7 heteroatoms. The van der Waals surface area contributed by atoms with E-state index in [1.165, 1.54) is 6.07 Å². The summed E-state index contributed by atoms with van der Waals surface area (Å²) in [5.74, 6) is -0.273. The lowest BCUT2D eigenvalue weighted by molar-refractivity contribution is -0.122. The normalized spacial score (nSPS) is 19.6. The summed E-state index contributed by atoms with van der Waals surface area (Å²) in [6, 6.07) is 6.43. The number of carbonyl (C=O) groups is 2. The standard InChI is InChI=1S/C10H6Cl3NO3/c11-10(12,13)9-14(5-15)8(16)6-3-1-2-4-7(6)17-9/h1-5,9H. The van der Waals surface area contributed by atoms with Gasteiger partial charge < -0.3 is 4.74 Å². The van der Waals surface area contributed by atoms with Crippen LogP contribution in [0.1, 0.15) is 10.4 Å². The Morgan fingerprint density at radius 2 is 1.94 bits per heavy atom. The van der Waals surface area contributed by atoms with Gasteiger partial charge in [-0.05, 0) is 12.1 Å². The van der Waals surface area contributed by atoms with Crippen LogP contribution in [0.3, 0.4) is 0 Å². The minimum atomic E-state index is -1.91. The molecule has 0 spiro atoms. The molecule has 0 aromatic heterocycles. The first-order chi connectivity index (χ1) is 7.95. The third-order valence-electron chi connectivity index (χ3n) is 2.24. The van der Waals surface area contributed by atoms with Gasteiger partial charge in [0.2, 0.25) is 16.4 Å². The van der Waals surface area contributed by atoms with Crippen molar-refractivity contribution in [2.75, 3.05) is 0 Å². The molecule has 0 saturated heterocycles. The predicted molar refractivity (Wildman–Crippen MR) is 63.4 cm³/mol. The smallest absolute Gasteiger partial charge is 0.267 e. The van der Waals surface area contributed by atoms with Crippen LogP contribution in [0, 0.1) is 0 Å². The lowest BCUT2D eigenvalue weighted by atomic mass is 10.1. The predicted octanol–water partition coefficient (Wildman–Crippen LogP) is 2.37. The van der Waals surface area contributed by atoms with Crippen LogP contribution in [-0.2, 0) is 4.79 Å². The van der Waals surface area contributed by atoms with E-state index in [1.807, 2.05) is 0 Å². The monoisotopic (exact) mass is 293 g/mol. The fourth-order valence-electron chi connectivity index (χ4n) is 1.50. The van der Waals surface area contributed by atoms with Crippen LogP contribution in [0.5, 0.6) is 5.75 Å². The van der Waals surface area contributed by atoms with Crippen molar-refractivity contribution in [3.63, 3.8) is 0 Å². The van der Waals surface area contributed by atoms with Crippen molar-refractivity contribution in [2.24, 2.45) is 0 Å². The molecule has 4 nitrogen and oxygen atoms in total. The summed E-state index contributed by atoms with van der Waals surface area (Å²) in [6.07, 6.45) is -0.988. The van der Waals surface area contributed by atoms with Gasteiger partial charge in [0.15, 0.2) is 0 Å². The Balaban J connectivity index is 2.49. The maximum atomic E-state index is 11.9. The second-order valence-electron chi connectivity index (χ2n) is 3.33. The number of rotatable bonds is 1. The first kappa shape index (κ1) is 12.5. The van der Waals surface area contributed by atoms with E-state index in [4.69, 9.17) is 39.5 Å². The van der Waals surface area contributed by atoms with E-state index in [0.29, 0.717) is 0 Å². The fourth-order valence-corrected chi connectivity index (χ4v) is 1.95. The van der Waals surface area contributed by atoms with Crippen LogP contribution in [0.15, 0.2) is 24.3 Å². The Morgan fingerprint density at radius 1 is 1.29 bits per heavy atom. The molecule has 2 amide bonds. The van der Waals surface area contributed by atoms with E-state index in [-0.39, 0.29) is 17.7 Å². The van der Waals surface area contributed by atoms with E-state index < -0.39 is 15.9 Å². The van der Waals surface area contributed by atoms with Crippen molar-refractivity contribution in [2.45, 2.75) is 10.0 Å². The number of hydrogen-bond donors (Lipinski definition) is 0. The van der Waals surface area contributed by atoms with E-state index in [2.05, 4.69) is 0 Å². The van der Waals surface area contributed by atoms with Crippen LogP contribution in [0.4, 0.5) is 0 Å². The number of hydrogen-bond acceptors (Lipinski definition) is 3. The Labute approximate surface area is 112 Å². The molecule has 1 atom stereocenters. The van der Waals surface area contributed by atoms with E-state index in [1.54, 1.807) is 18.2 Å². The highest BCUT2D eigenvalue weighted by Crippen LogP contribution is 2.38. The van der Waals surface area contributed by atoms with Gasteiger partial charge >= 0.3 is 0 Å². The molecule has 1 heterocycles. The first-order valence-electron chi connectivity index (χ1n) is 4.55. The Hall–Kier alpha value is -0.970. The van der Waals surface area contributed by atoms with Gasteiger partial charge in [-0.25, -0.2) is 4.90 Å². The summed E-state index contributed by atoms with van der Waals surface area (Å²) in [5, 5.41) is 0. The number of alkyl halides is 3. The van der Waals surface area contributed by atoms with Crippen LogP contribution in [-0.4, -0.2) is 27.2 Å². The van der Waals surface area contributed by atoms with Crippen molar-refractivity contribution in [1.29, 1.82) is 0 Å². The molecular formula is C10H6Cl3NO3. The van der Waals surface area contributed by atoms with E-state index >= 15 is 0 Å². The summed E-state index contributed by atoms with van der Waals surface area (Å²) in [5.41, 5.74) is 0.255. The van der Waals surface area contributed by atoms with Crippen LogP contribution >= 0.6 is 34.8 Å². The number of imide groups is 1. The number of carbonyl (C=O) groups excluding carboxylic acids is 2. The SMILES string of the molecule is O=CN1C(=O)c2ccccc2OC1C(Cl)(Cl)Cl. The minimum absolute atomic E-state index is 0.255. The maximum absolute atomic E-state index is 11.9. The second kappa shape index (κ2) is 4.37. The average molecular weight is 295 g/mol. The minimum Gasteiger partial charge on any atom is -0.465 e. The molecule has 90 valence electrons. The second-order valence-corrected chi connectivity index (χ2v) is 5.69. The summed E-state index contributed by atoms with van der Waals surface area (Å²) >= 11 is 17.0. The van der Waals surface area contributed by atoms with Crippen molar-refractivity contribution in [3.05, 3.63) is 29.8 Å². The highest BCUT2D eigenvalue weighted by Gasteiger charge is 2.45. The summed E-state index contributed by atoms with van der Waals surface area (Å²) in [6.45, 7) is 0. The van der Waals surface area contributed by atoms with Crippen molar-refractivity contribution < 1.29 is 14.3 Å². The molecule has 0 aliphatic carbocycles. The van der Waals surface area contributed by atoms with Crippen molar-refractivity contribution >= 4 is 47.1 Å².